The molecule has 0 saturated heterocycles. The van der Waals surface area contributed by atoms with E-state index in [0.29, 0.717) is 0 Å². The van der Waals surface area contributed by atoms with E-state index < -0.39 is 259 Å². The van der Waals surface area contributed by atoms with E-state index in [1.165, 1.54) is 0 Å². The molecular weight excluding hydrogens is 1390 g/mol. The van der Waals surface area contributed by atoms with E-state index in [2.05, 4.69) is 0 Å². The van der Waals surface area contributed by atoms with E-state index in [4.69, 9.17) is 179 Å². The van der Waals surface area contributed by atoms with E-state index in [0.717, 1.165) is 0 Å². The minimum atomic E-state index is -2.31. The molecule has 0 amide bonds. The normalized spacial score (nSPS) is 20.2. The van der Waals surface area contributed by atoms with Gasteiger partial charge in [0, 0.05) is 0 Å². The Morgan fingerprint density at radius 1 is 0.174 bits per heavy atom. The molecular formula is C42H77O49Tc. The van der Waals surface area contributed by atoms with Gasteiger partial charge in [0.25, 0.3) is 0 Å². The number of aliphatic hydroxyl groups is 35. The molecule has 50 heteroatoms. The van der Waals surface area contributed by atoms with Gasteiger partial charge in [-0.2, -0.15) is 0 Å². The van der Waals surface area contributed by atoms with Crippen LogP contribution in [0.5, 0.6) is 0 Å². The van der Waals surface area contributed by atoms with Crippen LogP contribution in [0.4, 0.5) is 0 Å². The van der Waals surface area contributed by atoms with Gasteiger partial charge >= 0.3 is 20.1 Å². The standard InChI is InChI=1S/7C6H12O7.Tc/c7*7-1-2(8)3(9)4(10)5(11)6(12)13;/h7*2-5,7-11H,1H2,(H,12,13);/q;;;;;;;+7/p-7/t7*2-,3-,4+,5-;/m1111111./s1. The Morgan fingerprint density at radius 2 is 0.239 bits per heavy atom. The molecule has 49 nitrogen and oxygen atoms in total. The maximum atomic E-state index is 9.98. The van der Waals surface area contributed by atoms with Crippen LogP contribution in [-0.4, -0.2) is 438 Å². The van der Waals surface area contributed by atoms with Crippen LogP contribution in [0, 0.1) is 0 Å². The Bertz CT molecular complexity index is 1570. The molecule has 0 aliphatic heterocycles. The van der Waals surface area contributed by atoms with Crippen LogP contribution in [-0.2, 0) is 53.7 Å². The van der Waals surface area contributed by atoms with Crippen molar-refractivity contribution in [2.45, 2.75) is 171 Å². The fourth-order valence-corrected chi connectivity index (χ4v) is 4.63. The third kappa shape index (κ3) is 41.4. The van der Waals surface area contributed by atoms with E-state index in [1.807, 2.05) is 0 Å². The zero-order chi connectivity index (χ0) is 74.2. The molecule has 0 unspecified atom stereocenters. The summed E-state index contributed by atoms with van der Waals surface area (Å²) >= 11 is 0. The van der Waals surface area contributed by atoms with E-state index in [-0.39, 0.29) is 20.1 Å². The SMILES string of the molecule is O=C([O-])[C@H](O)[C@@H](O)[C@H](O)[C@H](O)CO.O=C([O-])[C@H](O)[C@@H](O)[C@H](O)[C@H](O)CO.O=C([O-])[C@H](O)[C@@H](O)[C@H](O)[C@H](O)CO.O=C([O-])[C@H](O)[C@@H](O)[C@H](O)[C@H](O)CO.O=C([O-])[C@H](O)[C@@H](O)[C@H](O)[C@H](O)CO.O=C([O-])[C@H](O)[C@@H](O)[C@H](O)[C@H](O)CO.O=C([O-])[C@H](O)[C@@H](O)[C@H](O)[C@H](O)CO.[Tc+7]. The maximum absolute atomic E-state index is 9.98. The molecule has 0 saturated carbocycles. The first kappa shape index (κ1) is 104. The number of carbonyl (C=O) groups is 7. The van der Waals surface area contributed by atoms with Gasteiger partial charge in [-0.25, -0.2) is 0 Å². The fraction of sp³-hybridized carbons (Fsp3) is 0.833. The maximum Gasteiger partial charge on any atom is 7.00 e. The van der Waals surface area contributed by atoms with E-state index in [9.17, 15) is 69.3 Å². The summed E-state index contributed by atoms with van der Waals surface area (Å²) in [6.45, 7) is -6.04. The minimum absolute atomic E-state index is 0. The Morgan fingerprint density at radius 3 is 0.283 bits per heavy atom. The summed E-state index contributed by atoms with van der Waals surface area (Å²) in [6, 6.07) is 0. The second-order valence-corrected chi connectivity index (χ2v) is 17.5. The summed E-state index contributed by atoms with van der Waals surface area (Å²) in [6.07, 6.45) is -56.5. The molecule has 28 atom stereocenters. The Hall–Kier alpha value is -4.46. The van der Waals surface area contributed by atoms with Gasteiger partial charge < -0.3 is 248 Å². The van der Waals surface area contributed by atoms with Gasteiger partial charge in [0.05, 0.1) is 88.0 Å². The average Bonchev–Trinajstić information content (AvgIpc) is 2.31. The Labute approximate surface area is 526 Å². The van der Waals surface area contributed by atoms with Crippen molar-refractivity contribution in [2.24, 2.45) is 0 Å². The number of carboxylic acids is 7. The molecule has 0 heterocycles. The summed E-state index contributed by atoms with van der Waals surface area (Å²) in [5, 5.41) is 374. The van der Waals surface area contributed by atoms with Gasteiger partial charge in [-0.3, -0.25) is 0 Å². The van der Waals surface area contributed by atoms with Gasteiger partial charge in [-0.05, 0) is 0 Å². The van der Waals surface area contributed by atoms with Gasteiger partial charge in [-0.1, -0.05) is 0 Å². The molecule has 546 valence electrons. The largest absolute Gasteiger partial charge is 7.00 e. The topological polar surface area (TPSA) is 989 Å². The van der Waals surface area contributed by atoms with E-state index >= 15 is 0 Å². The number of hydrogen-bond acceptors (Lipinski definition) is 49. The minimum Gasteiger partial charge on any atom is -0.547 e. The van der Waals surface area contributed by atoms with Gasteiger partial charge in [-0.15, -0.1) is 0 Å². The molecule has 0 bridgehead atoms. The molecule has 0 aliphatic rings. The molecule has 0 fully saturated rings. The van der Waals surface area contributed by atoms with Crippen molar-refractivity contribution in [3.63, 3.8) is 0 Å². The number of rotatable bonds is 35. The zero-order valence-corrected chi connectivity index (χ0v) is 48.2. The molecule has 0 aromatic carbocycles. The molecule has 0 radical (unpaired) electrons. The van der Waals surface area contributed by atoms with Crippen LogP contribution >= 0.6 is 0 Å². The predicted octanol–water partition coefficient (Wildman–Crippen LogP) is -33.8. The van der Waals surface area contributed by atoms with Crippen molar-refractivity contribution in [1.82, 2.24) is 0 Å². The second kappa shape index (κ2) is 54.8. The number of carbonyl (C=O) groups excluding carboxylic acids is 7. The average molecular weight is 1460 g/mol. The quantitative estimate of drug-likeness (QED) is 0.0280. The molecule has 0 spiro atoms. The van der Waals surface area contributed by atoms with E-state index in [1.54, 1.807) is 0 Å². The number of aliphatic carboxylic acids is 7. The summed E-state index contributed by atoms with van der Waals surface area (Å²) < 4.78 is 0. The number of aliphatic hydroxyl groups excluding tert-OH is 35. The van der Waals surface area contributed by atoms with Crippen molar-refractivity contribution >= 4 is 41.8 Å². The van der Waals surface area contributed by atoms with Gasteiger partial charge in [0.2, 0.25) is 0 Å². The molecule has 0 rings (SSSR count). The first-order valence-electron chi connectivity index (χ1n) is 24.2. The zero-order valence-electron chi connectivity index (χ0n) is 46.4. The molecule has 0 aliphatic carbocycles. The number of carboxylic acid groups (broad SMARTS) is 7. The Kier molecular flexibility index (Phi) is 61.7. The summed E-state index contributed by atoms with van der Waals surface area (Å²) in [7, 11) is 0. The van der Waals surface area contributed by atoms with Crippen molar-refractivity contribution in [1.29, 1.82) is 0 Å². The monoisotopic (exact) mass is 1460 g/mol. The molecule has 35 N–H and O–H groups in total. The van der Waals surface area contributed by atoms with Crippen LogP contribution in [0.2, 0.25) is 0 Å². The van der Waals surface area contributed by atoms with Crippen LogP contribution in [0.15, 0.2) is 0 Å². The molecule has 0 aromatic heterocycles. The van der Waals surface area contributed by atoms with Crippen molar-refractivity contribution in [3.8, 4) is 0 Å². The smallest absolute Gasteiger partial charge is 0.547 e. The van der Waals surface area contributed by atoms with Crippen molar-refractivity contribution in [3.05, 3.63) is 0 Å². The first-order valence-corrected chi connectivity index (χ1v) is 24.2. The molecule has 0 aromatic rings. The third-order valence-electron chi connectivity index (χ3n) is 10.5. The third-order valence-corrected chi connectivity index (χ3v) is 10.5. The van der Waals surface area contributed by atoms with Gasteiger partial charge in [0.15, 0.2) is 0 Å². The van der Waals surface area contributed by atoms with Crippen LogP contribution in [0.3, 0.4) is 0 Å². The second-order valence-electron chi connectivity index (χ2n) is 17.5. The summed E-state index contributed by atoms with van der Waals surface area (Å²) in [5.41, 5.74) is 0. The first-order chi connectivity index (χ1) is 41.4. The predicted molar refractivity (Wildman–Crippen MR) is 253 cm³/mol. The van der Waals surface area contributed by atoms with Crippen LogP contribution in [0.1, 0.15) is 0 Å². The molecule has 92 heavy (non-hydrogen) atoms. The van der Waals surface area contributed by atoms with Crippen LogP contribution < -0.4 is 35.7 Å². The van der Waals surface area contributed by atoms with Gasteiger partial charge in [0.1, 0.15) is 171 Å². The Balaban J connectivity index is -0.000000149. The van der Waals surface area contributed by atoms with Crippen LogP contribution in [0.25, 0.3) is 0 Å². The summed E-state index contributed by atoms with van der Waals surface area (Å²) in [5.74, 6) is -13.8. The fourth-order valence-electron chi connectivity index (χ4n) is 4.63. The van der Waals surface area contributed by atoms with Crippen molar-refractivity contribution in [2.75, 3.05) is 46.2 Å². The van der Waals surface area contributed by atoms with Crippen molar-refractivity contribution < 1.29 is 268 Å². The summed E-state index contributed by atoms with van der Waals surface area (Å²) in [4.78, 5) is 69.9. The number of hydrogen-bond donors (Lipinski definition) is 35.